The van der Waals surface area contributed by atoms with Crippen molar-refractivity contribution in [3.63, 3.8) is 0 Å². The molecule has 0 saturated carbocycles. The molecule has 3 atom stereocenters. The molecule has 0 spiro atoms. The number of piperidine rings is 1. The summed E-state index contributed by atoms with van der Waals surface area (Å²) in [4.78, 5) is 14.7. The van der Waals surface area contributed by atoms with Crippen molar-refractivity contribution in [2.45, 2.75) is 56.4 Å². The quantitative estimate of drug-likeness (QED) is 0.413. The number of ether oxygens (including phenoxy) is 1. The maximum Gasteiger partial charge on any atom is 0.323 e. The van der Waals surface area contributed by atoms with Crippen LogP contribution in [0.15, 0.2) is 72.8 Å². The van der Waals surface area contributed by atoms with Gasteiger partial charge in [0.05, 0.1) is 6.61 Å². The van der Waals surface area contributed by atoms with Crippen molar-refractivity contribution in [1.82, 2.24) is 5.32 Å². The molecule has 5 heteroatoms. The summed E-state index contributed by atoms with van der Waals surface area (Å²) < 4.78 is 5.64. The Morgan fingerprint density at radius 1 is 0.921 bits per heavy atom. The van der Waals surface area contributed by atoms with Gasteiger partial charge in [0, 0.05) is 24.7 Å². The fourth-order valence-electron chi connectivity index (χ4n) is 6.71. The lowest BCUT2D eigenvalue weighted by atomic mass is 9.69. The van der Waals surface area contributed by atoms with Crippen LogP contribution in [0.4, 0.5) is 5.69 Å². The standard InChI is InChI=1S/C33H38N2O3/c36-28-13-15-30-26(21-28)10-14-29(24-5-2-1-3-6-24)32(30)25-8-11-27(12-9-25)35-19-16-23(17-20-35)22-38-33(37)31-7-4-18-34-31/h1-3,5-6,8-9,11-13,15,21,23,29,31-32,34,36H,4,7,10,14,16-20,22H2/t29?,31-,32?/m1/s1. The highest BCUT2D eigenvalue weighted by Gasteiger charge is 2.32. The molecule has 2 aliphatic heterocycles. The van der Waals surface area contributed by atoms with Gasteiger partial charge in [0.25, 0.3) is 0 Å². The Kier molecular flexibility index (Phi) is 7.37. The Labute approximate surface area is 225 Å². The first-order valence-electron chi connectivity index (χ1n) is 14.3. The van der Waals surface area contributed by atoms with Gasteiger partial charge in [0.15, 0.2) is 0 Å². The maximum absolute atomic E-state index is 12.2. The monoisotopic (exact) mass is 510 g/mol. The molecule has 3 aromatic carbocycles. The molecule has 2 heterocycles. The summed E-state index contributed by atoms with van der Waals surface area (Å²) in [6.45, 7) is 3.44. The normalized spacial score (nSPS) is 23.7. The van der Waals surface area contributed by atoms with Crippen LogP contribution in [-0.4, -0.2) is 43.4 Å². The molecule has 2 N–H and O–H groups in total. The van der Waals surface area contributed by atoms with Crippen LogP contribution >= 0.6 is 0 Å². The van der Waals surface area contributed by atoms with E-state index in [1.807, 2.05) is 12.1 Å². The molecular formula is C33H38N2O3. The average molecular weight is 511 g/mol. The third-order valence-electron chi connectivity index (χ3n) is 8.85. The zero-order chi connectivity index (χ0) is 25.9. The van der Waals surface area contributed by atoms with Crippen molar-refractivity contribution in [2.24, 2.45) is 5.92 Å². The number of phenolic OH excluding ortho intramolecular Hbond substituents is 1. The molecule has 2 saturated heterocycles. The Bertz CT molecular complexity index is 1230. The molecule has 1 aliphatic carbocycles. The number of aryl methyl sites for hydroxylation is 1. The first-order valence-corrected chi connectivity index (χ1v) is 14.3. The Morgan fingerprint density at radius 3 is 2.45 bits per heavy atom. The molecule has 2 fully saturated rings. The minimum atomic E-state index is -0.100. The van der Waals surface area contributed by atoms with E-state index in [0.29, 0.717) is 24.2 Å². The van der Waals surface area contributed by atoms with E-state index in [1.54, 1.807) is 0 Å². The summed E-state index contributed by atoms with van der Waals surface area (Å²) in [5, 5.41) is 13.3. The van der Waals surface area contributed by atoms with Crippen LogP contribution in [0.25, 0.3) is 0 Å². The minimum absolute atomic E-state index is 0.0752. The fraction of sp³-hybridized carbons (Fsp3) is 0.424. The number of phenols is 1. The molecule has 0 amide bonds. The smallest absolute Gasteiger partial charge is 0.323 e. The van der Waals surface area contributed by atoms with Gasteiger partial charge in [0.2, 0.25) is 0 Å². The summed E-state index contributed by atoms with van der Waals surface area (Å²) in [5.41, 5.74) is 6.57. The Hall–Kier alpha value is -3.31. The number of carbonyl (C=O) groups is 1. The number of hydrogen-bond donors (Lipinski definition) is 2. The van der Waals surface area contributed by atoms with E-state index in [4.69, 9.17) is 4.74 Å². The van der Waals surface area contributed by atoms with Crippen molar-refractivity contribution in [3.05, 3.63) is 95.1 Å². The predicted molar refractivity (Wildman–Crippen MR) is 151 cm³/mol. The van der Waals surface area contributed by atoms with E-state index in [0.717, 1.165) is 58.2 Å². The van der Waals surface area contributed by atoms with Crippen LogP contribution in [0.1, 0.15) is 66.2 Å². The number of esters is 1. The predicted octanol–water partition coefficient (Wildman–Crippen LogP) is 5.77. The third-order valence-corrected chi connectivity index (χ3v) is 8.85. The van der Waals surface area contributed by atoms with Gasteiger partial charge in [-0.15, -0.1) is 0 Å². The van der Waals surface area contributed by atoms with Crippen LogP contribution in [0.5, 0.6) is 5.75 Å². The van der Waals surface area contributed by atoms with Crippen molar-refractivity contribution in [3.8, 4) is 5.75 Å². The molecular weight excluding hydrogens is 472 g/mol. The largest absolute Gasteiger partial charge is 0.508 e. The second-order valence-electron chi connectivity index (χ2n) is 11.2. The number of benzene rings is 3. The van der Waals surface area contributed by atoms with E-state index in [9.17, 15) is 9.90 Å². The molecule has 3 aromatic rings. The fourth-order valence-corrected chi connectivity index (χ4v) is 6.71. The second kappa shape index (κ2) is 11.2. The lowest BCUT2D eigenvalue weighted by molar-refractivity contribution is -0.147. The van der Waals surface area contributed by atoms with Gasteiger partial charge in [-0.3, -0.25) is 4.79 Å². The SMILES string of the molecule is O=C(OCC1CCN(c2ccc(C3c4ccc(O)cc4CCC3c3ccccc3)cc2)CC1)[C@H]1CCCN1. The molecule has 0 aromatic heterocycles. The van der Waals surface area contributed by atoms with Crippen LogP contribution in [0, 0.1) is 5.92 Å². The number of carbonyl (C=O) groups excluding carboxylic acids is 1. The highest BCUT2D eigenvalue weighted by Crippen LogP contribution is 2.47. The van der Waals surface area contributed by atoms with Crippen LogP contribution in [0.2, 0.25) is 0 Å². The number of nitrogens with zero attached hydrogens (tertiary/aromatic N) is 1. The number of rotatable bonds is 6. The van der Waals surface area contributed by atoms with Crippen molar-refractivity contribution in [2.75, 3.05) is 31.1 Å². The van der Waals surface area contributed by atoms with Gasteiger partial charge < -0.3 is 20.1 Å². The van der Waals surface area contributed by atoms with Crippen LogP contribution in [0.3, 0.4) is 0 Å². The summed E-state index contributed by atoms with van der Waals surface area (Å²) in [6.07, 6.45) is 6.10. The number of nitrogens with one attached hydrogen (secondary N) is 1. The minimum Gasteiger partial charge on any atom is -0.508 e. The van der Waals surface area contributed by atoms with E-state index >= 15 is 0 Å². The van der Waals surface area contributed by atoms with E-state index in [-0.39, 0.29) is 17.9 Å². The lowest BCUT2D eigenvalue weighted by Gasteiger charge is -2.36. The van der Waals surface area contributed by atoms with Gasteiger partial charge >= 0.3 is 5.97 Å². The zero-order valence-electron chi connectivity index (χ0n) is 22.0. The van der Waals surface area contributed by atoms with Gasteiger partial charge in [-0.25, -0.2) is 0 Å². The Morgan fingerprint density at radius 2 is 1.71 bits per heavy atom. The van der Waals surface area contributed by atoms with Gasteiger partial charge in [-0.05, 0) is 103 Å². The van der Waals surface area contributed by atoms with Crippen LogP contribution in [-0.2, 0) is 16.0 Å². The molecule has 198 valence electrons. The van der Waals surface area contributed by atoms with Crippen molar-refractivity contribution in [1.29, 1.82) is 0 Å². The van der Waals surface area contributed by atoms with Crippen molar-refractivity contribution >= 4 is 11.7 Å². The summed E-state index contributed by atoms with van der Waals surface area (Å²) in [6, 6.07) is 25.8. The molecule has 0 radical (unpaired) electrons. The molecule has 3 aliphatic rings. The number of aromatic hydroxyl groups is 1. The molecule has 38 heavy (non-hydrogen) atoms. The van der Waals surface area contributed by atoms with Gasteiger partial charge in [-0.1, -0.05) is 48.5 Å². The van der Waals surface area contributed by atoms with E-state index in [2.05, 4.69) is 70.9 Å². The second-order valence-corrected chi connectivity index (χ2v) is 11.2. The average Bonchev–Trinajstić information content (AvgIpc) is 3.52. The van der Waals surface area contributed by atoms with Crippen molar-refractivity contribution < 1.29 is 14.6 Å². The highest BCUT2D eigenvalue weighted by molar-refractivity contribution is 5.76. The highest BCUT2D eigenvalue weighted by atomic mass is 16.5. The van der Waals surface area contributed by atoms with Crippen LogP contribution < -0.4 is 10.2 Å². The summed E-state index contributed by atoms with van der Waals surface area (Å²) >= 11 is 0. The molecule has 2 unspecified atom stereocenters. The van der Waals surface area contributed by atoms with Gasteiger partial charge in [0.1, 0.15) is 11.8 Å². The number of anilines is 1. The maximum atomic E-state index is 12.2. The van der Waals surface area contributed by atoms with Gasteiger partial charge in [-0.2, -0.15) is 0 Å². The summed E-state index contributed by atoms with van der Waals surface area (Å²) in [7, 11) is 0. The lowest BCUT2D eigenvalue weighted by Crippen LogP contribution is -2.37. The zero-order valence-corrected chi connectivity index (χ0v) is 22.0. The molecule has 5 nitrogen and oxygen atoms in total. The third kappa shape index (κ3) is 5.30. The summed E-state index contributed by atoms with van der Waals surface area (Å²) in [5.74, 6) is 1.40. The number of fused-ring (bicyclic) bond motifs is 1. The van der Waals surface area contributed by atoms with E-state index < -0.39 is 0 Å². The first kappa shape index (κ1) is 25.0. The van der Waals surface area contributed by atoms with E-state index in [1.165, 1.54) is 27.9 Å². The Balaban J connectivity index is 1.13. The molecule has 6 rings (SSSR count). The number of hydrogen-bond acceptors (Lipinski definition) is 5. The first-order chi connectivity index (χ1) is 18.7. The topological polar surface area (TPSA) is 61.8 Å². The molecule has 0 bridgehead atoms.